The summed E-state index contributed by atoms with van der Waals surface area (Å²) in [6.07, 6.45) is 0.326. The van der Waals surface area contributed by atoms with Crippen LogP contribution < -0.4 is 11.1 Å². The molecule has 4 heteroatoms. The maximum Gasteiger partial charge on any atom is 0.221 e. The number of nitrogens with two attached hydrogens (primary N) is 1. The van der Waals surface area contributed by atoms with Crippen molar-refractivity contribution >= 4 is 5.91 Å². The molecule has 0 spiro atoms. The average Bonchev–Trinajstić information content (AvgIpc) is 2.28. The summed E-state index contributed by atoms with van der Waals surface area (Å²) >= 11 is 0. The number of halogens is 1. The molecule has 18 heavy (non-hydrogen) atoms. The van der Waals surface area contributed by atoms with E-state index in [1.807, 2.05) is 26.8 Å². The molecule has 0 bridgehead atoms. The van der Waals surface area contributed by atoms with Gasteiger partial charge in [0.1, 0.15) is 5.82 Å². The van der Waals surface area contributed by atoms with E-state index in [-0.39, 0.29) is 17.6 Å². The van der Waals surface area contributed by atoms with Crippen LogP contribution in [0.25, 0.3) is 0 Å². The Labute approximate surface area is 108 Å². The monoisotopic (exact) mass is 252 g/mol. The summed E-state index contributed by atoms with van der Waals surface area (Å²) in [5.41, 5.74) is 5.98. The Balaban J connectivity index is 2.60. The number of benzene rings is 1. The van der Waals surface area contributed by atoms with Crippen molar-refractivity contribution < 1.29 is 9.18 Å². The van der Waals surface area contributed by atoms with Crippen molar-refractivity contribution in [2.45, 2.75) is 38.6 Å². The zero-order valence-corrected chi connectivity index (χ0v) is 11.2. The van der Waals surface area contributed by atoms with Crippen molar-refractivity contribution in [3.8, 4) is 0 Å². The van der Waals surface area contributed by atoms with Gasteiger partial charge in [-0.05, 0) is 37.5 Å². The van der Waals surface area contributed by atoms with Crippen molar-refractivity contribution in [1.82, 2.24) is 5.32 Å². The predicted octanol–water partition coefficient (Wildman–Crippen LogP) is 2.17. The molecule has 1 rings (SSSR count). The van der Waals surface area contributed by atoms with E-state index < -0.39 is 5.54 Å². The van der Waals surface area contributed by atoms with Gasteiger partial charge < -0.3 is 11.1 Å². The minimum Gasteiger partial charge on any atom is -0.350 e. The topological polar surface area (TPSA) is 55.1 Å². The van der Waals surface area contributed by atoms with Gasteiger partial charge >= 0.3 is 0 Å². The van der Waals surface area contributed by atoms with Gasteiger partial charge in [-0.25, -0.2) is 4.39 Å². The van der Waals surface area contributed by atoms with Crippen LogP contribution in [0.15, 0.2) is 24.3 Å². The maximum atomic E-state index is 13.1. The molecule has 0 saturated heterocycles. The molecule has 1 amide bonds. The van der Waals surface area contributed by atoms with E-state index in [0.717, 1.165) is 5.56 Å². The summed E-state index contributed by atoms with van der Waals surface area (Å²) in [5, 5.41) is 2.86. The number of rotatable bonds is 5. The normalized spacial score (nSPS) is 13.2. The molecule has 0 aromatic heterocycles. The number of hydrogen-bond donors (Lipinski definition) is 2. The Bertz CT molecular complexity index is 418. The molecule has 100 valence electrons. The molecule has 1 atom stereocenters. The third-order valence-corrected chi connectivity index (χ3v) is 2.90. The second-order valence-corrected chi connectivity index (χ2v) is 5.30. The number of carbonyl (C=O) groups is 1. The van der Waals surface area contributed by atoms with Crippen LogP contribution in [-0.4, -0.2) is 18.0 Å². The number of carbonyl (C=O) groups excluding carboxylic acids is 1. The second kappa shape index (κ2) is 5.96. The number of amides is 1. The number of hydrogen-bond acceptors (Lipinski definition) is 2. The van der Waals surface area contributed by atoms with Crippen LogP contribution in [0.5, 0.6) is 0 Å². The highest BCUT2D eigenvalue weighted by molar-refractivity contribution is 5.77. The zero-order valence-electron chi connectivity index (χ0n) is 11.2. The molecule has 0 saturated carbocycles. The lowest BCUT2D eigenvalue weighted by Gasteiger charge is -2.25. The first-order valence-electron chi connectivity index (χ1n) is 6.10. The van der Waals surface area contributed by atoms with E-state index in [4.69, 9.17) is 5.73 Å². The Morgan fingerprint density at radius 2 is 2.17 bits per heavy atom. The molecular formula is C14H21FN2O. The SMILES string of the molecule is CC(CC(=O)NC(C)(C)CN)c1cccc(F)c1. The molecule has 0 fully saturated rings. The van der Waals surface area contributed by atoms with Crippen LogP contribution in [0.1, 0.15) is 38.7 Å². The molecule has 0 aliphatic rings. The Hall–Kier alpha value is -1.42. The number of nitrogens with one attached hydrogen (secondary N) is 1. The summed E-state index contributed by atoms with van der Waals surface area (Å²) in [6.45, 7) is 6.03. The summed E-state index contributed by atoms with van der Waals surface area (Å²) in [4.78, 5) is 11.8. The summed E-state index contributed by atoms with van der Waals surface area (Å²) in [7, 11) is 0. The molecule has 0 aliphatic carbocycles. The first-order valence-corrected chi connectivity index (χ1v) is 6.10. The molecular weight excluding hydrogens is 231 g/mol. The van der Waals surface area contributed by atoms with Crippen LogP contribution in [0.3, 0.4) is 0 Å². The minimum absolute atomic E-state index is 0.0192. The van der Waals surface area contributed by atoms with Gasteiger partial charge in [-0.1, -0.05) is 19.1 Å². The van der Waals surface area contributed by atoms with Crippen LogP contribution in [-0.2, 0) is 4.79 Å². The quantitative estimate of drug-likeness (QED) is 0.844. The first-order chi connectivity index (χ1) is 8.34. The van der Waals surface area contributed by atoms with E-state index in [1.54, 1.807) is 6.07 Å². The third-order valence-electron chi connectivity index (χ3n) is 2.90. The van der Waals surface area contributed by atoms with Crippen molar-refractivity contribution in [3.05, 3.63) is 35.6 Å². The van der Waals surface area contributed by atoms with E-state index >= 15 is 0 Å². The Kier molecular flexibility index (Phi) is 4.84. The standard InChI is InChI=1S/C14H21FN2O/c1-10(11-5-4-6-12(15)8-11)7-13(18)17-14(2,3)9-16/h4-6,8,10H,7,9,16H2,1-3H3,(H,17,18). The summed E-state index contributed by atoms with van der Waals surface area (Å²) in [6, 6.07) is 6.35. The lowest BCUT2D eigenvalue weighted by Crippen LogP contribution is -2.49. The van der Waals surface area contributed by atoms with Crippen LogP contribution in [0.2, 0.25) is 0 Å². The van der Waals surface area contributed by atoms with Crippen LogP contribution in [0, 0.1) is 5.82 Å². The molecule has 1 unspecified atom stereocenters. The van der Waals surface area contributed by atoms with Crippen molar-refractivity contribution in [3.63, 3.8) is 0 Å². The van der Waals surface area contributed by atoms with Crippen molar-refractivity contribution in [2.24, 2.45) is 5.73 Å². The van der Waals surface area contributed by atoms with Gasteiger partial charge in [-0.15, -0.1) is 0 Å². The van der Waals surface area contributed by atoms with Gasteiger partial charge in [0.2, 0.25) is 5.91 Å². The minimum atomic E-state index is -0.404. The smallest absolute Gasteiger partial charge is 0.221 e. The van der Waals surface area contributed by atoms with Gasteiger partial charge in [0.25, 0.3) is 0 Å². The zero-order chi connectivity index (χ0) is 13.8. The Morgan fingerprint density at radius 3 is 2.72 bits per heavy atom. The molecule has 0 radical (unpaired) electrons. The highest BCUT2D eigenvalue weighted by Crippen LogP contribution is 2.19. The fraction of sp³-hybridized carbons (Fsp3) is 0.500. The maximum absolute atomic E-state index is 13.1. The van der Waals surface area contributed by atoms with Crippen molar-refractivity contribution in [1.29, 1.82) is 0 Å². The largest absolute Gasteiger partial charge is 0.350 e. The lowest BCUT2D eigenvalue weighted by molar-refractivity contribution is -0.122. The fourth-order valence-electron chi connectivity index (χ4n) is 1.69. The van der Waals surface area contributed by atoms with Crippen LogP contribution >= 0.6 is 0 Å². The molecule has 1 aromatic rings. The van der Waals surface area contributed by atoms with E-state index in [1.165, 1.54) is 12.1 Å². The van der Waals surface area contributed by atoms with Gasteiger partial charge in [0.15, 0.2) is 0 Å². The van der Waals surface area contributed by atoms with Crippen LogP contribution in [0.4, 0.5) is 4.39 Å². The van der Waals surface area contributed by atoms with Gasteiger partial charge in [-0.3, -0.25) is 4.79 Å². The van der Waals surface area contributed by atoms with Gasteiger partial charge in [0, 0.05) is 18.5 Å². The Morgan fingerprint density at radius 1 is 1.50 bits per heavy atom. The molecule has 3 N–H and O–H groups in total. The summed E-state index contributed by atoms with van der Waals surface area (Å²) in [5.74, 6) is -0.362. The highest BCUT2D eigenvalue weighted by Gasteiger charge is 2.20. The average molecular weight is 252 g/mol. The van der Waals surface area contributed by atoms with E-state index in [2.05, 4.69) is 5.32 Å². The molecule has 3 nitrogen and oxygen atoms in total. The third kappa shape index (κ3) is 4.45. The highest BCUT2D eigenvalue weighted by atomic mass is 19.1. The van der Waals surface area contributed by atoms with Crippen molar-refractivity contribution in [2.75, 3.05) is 6.54 Å². The fourth-order valence-corrected chi connectivity index (χ4v) is 1.69. The van der Waals surface area contributed by atoms with Gasteiger partial charge in [-0.2, -0.15) is 0 Å². The van der Waals surface area contributed by atoms with E-state index in [0.29, 0.717) is 13.0 Å². The molecule has 0 aliphatic heterocycles. The van der Waals surface area contributed by atoms with Gasteiger partial charge in [0.05, 0.1) is 0 Å². The second-order valence-electron chi connectivity index (χ2n) is 5.30. The van der Waals surface area contributed by atoms with E-state index in [9.17, 15) is 9.18 Å². The molecule has 0 heterocycles. The summed E-state index contributed by atoms with van der Waals surface area (Å²) < 4.78 is 13.1. The molecule has 1 aromatic carbocycles. The first kappa shape index (κ1) is 14.6. The lowest BCUT2D eigenvalue weighted by atomic mass is 9.96. The predicted molar refractivity (Wildman–Crippen MR) is 70.7 cm³/mol.